The Kier molecular flexibility index (Phi) is 4.15. The monoisotopic (exact) mass is 300 g/mol. The molecule has 1 aromatic heterocycles. The summed E-state index contributed by atoms with van der Waals surface area (Å²) in [4.78, 5) is 4.05. The van der Waals surface area contributed by atoms with Crippen molar-refractivity contribution in [3.05, 3.63) is 51.0 Å². The quantitative estimate of drug-likeness (QED) is 0.923. The van der Waals surface area contributed by atoms with Crippen molar-refractivity contribution in [2.45, 2.75) is 26.1 Å². The summed E-state index contributed by atoms with van der Waals surface area (Å²) in [5.41, 5.74) is 3.09. The molecule has 20 heavy (non-hydrogen) atoms. The fraction of sp³-hybridized carbons (Fsp3) is 0.357. The van der Waals surface area contributed by atoms with E-state index in [9.17, 15) is 13.2 Å². The normalized spacial score (nSPS) is 13.5. The second kappa shape index (κ2) is 5.54. The van der Waals surface area contributed by atoms with Gasteiger partial charge in [-0.1, -0.05) is 23.8 Å². The molecule has 1 heterocycles. The van der Waals surface area contributed by atoms with Crippen LogP contribution in [-0.2, 0) is 6.18 Å². The maximum atomic E-state index is 12.6. The number of nitrogens with zero attached hydrogens (tertiary/aromatic N) is 1. The summed E-state index contributed by atoms with van der Waals surface area (Å²) >= 11 is 0.683. The summed E-state index contributed by atoms with van der Waals surface area (Å²) in [6, 6.07) is 5.67. The third-order valence-corrected chi connectivity index (χ3v) is 4.19. The summed E-state index contributed by atoms with van der Waals surface area (Å²) in [5.74, 6) is 0. The Balaban J connectivity index is 2.42. The molecule has 0 radical (unpaired) electrons. The van der Waals surface area contributed by atoms with Crippen molar-refractivity contribution in [2.24, 2.45) is 0 Å². The van der Waals surface area contributed by atoms with E-state index in [4.69, 9.17) is 0 Å². The molecule has 0 bridgehead atoms. The molecule has 0 amide bonds. The SMILES string of the molecule is CNC(c1cnc(C(F)(F)F)s1)c1cc(C)ccc1C. The highest BCUT2D eigenvalue weighted by Crippen LogP contribution is 2.36. The molecule has 1 aromatic carbocycles. The van der Waals surface area contributed by atoms with E-state index in [1.807, 2.05) is 32.0 Å². The molecule has 2 rings (SSSR count). The topological polar surface area (TPSA) is 24.9 Å². The number of hydrogen-bond donors (Lipinski definition) is 1. The predicted molar refractivity (Wildman–Crippen MR) is 73.9 cm³/mol. The van der Waals surface area contributed by atoms with Crippen LogP contribution < -0.4 is 5.32 Å². The van der Waals surface area contributed by atoms with E-state index in [-0.39, 0.29) is 6.04 Å². The van der Waals surface area contributed by atoms with Gasteiger partial charge >= 0.3 is 6.18 Å². The van der Waals surface area contributed by atoms with E-state index < -0.39 is 11.2 Å². The van der Waals surface area contributed by atoms with Crippen LogP contribution in [0.5, 0.6) is 0 Å². The largest absolute Gasteiger partial charge is 0.443 e. The second-order valence-corrected chi connectivity index (χ2v) is 5.71. The average Bonchev–Trinajstić information content (AvgIpc) is 2.84. The molecular formula is C14H15F3N2S. The van der Waals surface area contributed by atoms with E-state index in [0.29, 0.717) is 16.2 Å². The van der Waals surface area contributed by atoms with Crippen molar-refractivity contribution in [1.29, 1.82) is 0 Å². The summed E-state index contributed by atoms with van der Waals surface area (Å²) in [7, 11) is 1.74. The molecule has 1 unspecified atom stereocenters. The number of nitrogens with one attached hydrogen (secondary N) is 1. The molecule has 108 valence electrons. The fourth-order valence-corrected chi connectivity index (χ4v) is 2.99. The van der Waals surface area contributed by atoms with E-state index in [1.54, 1.807) is 7.05 Å². The van der Waals surface area contributed by atoms with E-state index in [1.165, 1.54) is 6.20 Å². The fourth-order valence-electron chi connectivity index (χ4n) is 2.07. The van der Waals surface area contributed by atoms with Gasteiger partial charge in [-0.2, -0.15) is 13.2 Å². The smallest absolute Gasteiger partial charge is 0.309 e. The zero-order valence-corrected chi connectivity index (χ0v) is 12.2. The molecule has 0 aliphatic carbocycles. The van der Waals surface area contributed by atoms with Crippen LogP contribution >= 0.6 is 11.3 Å². The molecule has 0 saturated carbocycles. The third-order valence-electron chi connectivity index (χ3n) is 3.09. The lowest BCUT2D eigenvalue weighted by atomic mass is 9.98. The highest BCUT2D eigenvalue weighted by molar-refractivity contribution is 7.11. The molecule has 1 N–H and O–H groups in total. The summed E-state index contributed by atoms with van der Waals surface area (Å²) < 4.78 is 37.9. The minimum Gasteiger partial charge on any atom is -0.309 e. The predicted octanol–water partition coefficient (Wildman–Crippen LogP) is 4.09. The van der Waals surface area contributed by atoms with Crippen molar-refractivity contribution in [1.82, 2.24) is 10.3 Å². The van der Waals surface area contributed by atoms with Crippen molar-refractivity contribution in [3.63, 3.8) is 0 Å². The number of benzene rings is 1. The molecular weight excluding hydrogens is 285 g/mol. The molecule has 0 fully saturated rings. The van der Waals surface area contributed by atoms with Crippen LogP contribution in [-0.4, -0.2) is 12.0 Å². The highest BCUT2D eigenvalue weighted by Gasteiger charge is 2.35. The molecule has 0 saturated heterocycles. The minimum absolute atomic E-state index is 0.275. The standard InChI is InChI=1S/C14H15F3N2S/c1-8-4-5-9(2)10(6-8)12(18-3)11-7-19-13(20-11)14(15,16)17/h4-7,12,18H,1-3H3. The Morgan fingerprint density at radius 2 is 1.95 bits per heavy atom. The average molecular weight is 300 g/mol. The van der Waals surface area contributed by atoms with E-state index in [2.05, 4.69) is 10.3 Å². The first-order chi connectivity index (χ1) is 9.32. The van der Waals surface area contributed by atoms with Gasteiger partial charge in [0, 0.05) is 11.1 Å². The van der Waals surface area contributed by atoms with Crippen molar-refractivity contribution >= 4 is 11.3 Å². The maximum absolute atomic E-state index is 12.6. The van der Waals surface area contributed by atoms with Gasteiger partial charge in [-0.05, 0) is 32.0 Å². The van der Waals surface area contributed by atoms with Gasteiger partial charge in [0.05, 0.1) is 6.04 Å². The van der Waals surface area contributed by atoms with Gasteiger partial charge in [-0.25, -0.2) is 4.98 Å². The van der Waals surface area contributed by atoms with Gasteiger partial charge in [-0.3, -0.25) is 0 Å². The number of aryl methyl sites for hydroxylation is 2. The van der Waals surface area contributed by atoms with Gasteiger partial charge in [0.2, 0.25) is 0 Å². The van der Waals surface area contributed by atoms with Crippen LogP contribution in [0, 0.1) is 13.8 Å². The lowest BCUT2D eigenvalue weighted by molar-refractivity contribution is -0.137. The second-order valence-electron chi connectivity index (χ2n) is 4.65. The summed E-state index contributed by atoms with van der Waals surface area (Å²) in [6.45, 7) is 3.91. The number of halogens is 3. The van der Waals surface area contributed by atoms with Crippen molar-refractivity contribution in [2.75, 3.05) is 7.05 Å². The summed E-state index contributed by atoms with van der Waals surface area (Å²) in [5, 5.41) is 2.26. The highest BCUT2D eigenvalue weighted by atomic mass is 32.1. The van der Waals surface area contributed by atoms with Crippen LogP contribution in [0.15, 0.2) is 24.4 Å². The number of alkyl halides is 3. The van der Waals surface area contributed by atoms with Gasteiger partial charge in [0.1, 0.15) is 0 Å². The Hall–Kier alpha value is -1.40. The van der Waals surface area contributed by atoms with Crippen LogP contribution in [0.3, 0.4) is 0 Å². The Bertz CT molecular complexity index is 605. The first-order valence-corrected chi connectivity index (χ1v) is 6.92. The van der Waals surface area contributed by atoms with Gasteiger partial charge in [-0.15, -0.1) is 11.3 Å². The van der Waals surface area contributed by atoms with Crippen molar-refractivity contribution in [3.8, 4) is 0 Å². The Labute approximate surface area is 119 Å². The van der Waals surface area contributed by atoms with Gasteiger partial charge < -0.3 is 5.32 Å². The number of aromatic nitrogens is 1. The number of hydrogen-bond acceptors (Lipinski definition) is 3. The number of rotatable bonds is 3. The lowest BCUT2D eigenvalue weighted by Crippen LogP contribution is -2.17. The summed E-state index contributed by atoms with van der Waals surface area (Å²) in [6.07, 6.45) is -3.08. The van der Waals surface area contributed by atoms with E-state index >= 15 is 0 Å². The number of thiazole rings is 1. The molecule has 0 aliphatic heterocycles. The zero-order chi connectivity index (χ0) is 14.9. The van der Waals surface area contributed by atoms with Crippen LogP contribution in [0.4, 0.5) is 13.2 Å². The van der Waals surface area contributed by atoms with Crippen LogP contribution in [0.1, 0.15) is 32.6 Å². The molecule has 2 nitrogen and oxygen atoms in total. The van der Waals surface area contributed by atoms with Crippen molar-refractivity contribution < 1.29 is 13.2 Å². The molecule has 0 spiro atoms. The Morgan fingerprint density at radius 3 is 2.50 bits per heavy atom. The molecule has 1 atom stereocenters. The van der Waals surface area contributed by atoms with Crippen LogP contribution in [0.2, 0.25) is 0 Å². The first kappa shape index (κ1) is 15.0. The first-order valence-electron chi connectivity index (χ1n) is 6.10. The Morgan fingerprint density at radius 1 is 1.25 bits per heavy atom. The van der Waals surface area contributed by atoms with E-state index in [0.717, 1.165) is 16.7 Å². The third kappa shape index (κ3) is 3.02. The van der Waals surface area contributed by atoms with Crippen LogP contribution in [0.25, 0.3) is 0 Å². The zero-order valence-electron chi connectivity index (χ0n) is 11.4. The maximum Gasteiger partial charge on any atom is 0.443 e. The van der Waals surface area contributed by atoms with Gasteiger partial charge in [0.25, 0.3) is 0 Å². The minimum atomic E-state index is -4.39. The lowest BCUT2D eigenvalue weighted by Gasteiger charge is -2.17. The molecule has 2 aromatic rings. The van der Waals surface area contributed by atoms with Gasteiger partial charge in [0.15, 0.2) is 5.01 Å². The molecule has 0 aliphatic rings. The molecule has 6 heteroatoms.